The second-order valence-corrected chi connectivity index (χ2v) is 4.60. The highest BCUT2D eigenvalue weighted by Gasteiger charge is 2.36. The van der Waals surface area contributed by atoms with Crippen LogP contribution >= 0.6 is 0 Å². The topological polar surface area (TPSA) is 104 Å². The van der Waals surface area contributed by atoms with Crippen LogP contribution in [0.3, 0.4) is 0 Å². The number of nitrogens with zero attached hydrogens (tertiary/aromatic N) is 1. The first kappa shape index (κ1) is 15.3. The van der Waals surface area contributed by atoms with Crippen molar-refractivity contribution in [2.45, 2.75) is 6.92 Å². The number of nitro groups is 1. The molecule has 1 aromatic rings. The van der Waals surface area contributed by atoms with Crippen molar-refractivity contribution in [1.29, 1.82) is 0 Å². The third-order valence-electron chi connectivity index (χ3n) is 2.96. The van der Waals surface area contributed by atoms with Gasteiger partial charge < -0.3 is 4.74 Å². The Kier molecular flexibility index (Phi) is 4.26. The summed E-state index contributed by atoms with van der Waals surface area (Å²) in [6, 6.07) is 5.48. The molecule has 0 saturated heterocycles. The van der Waals surface area contributed by atoms with Gasteiger partial charge in [-0.2, -0.15) is 0 Å². The molecule has 0 fully saturated rings. The second-order valence-electron chi connectivity index (χ2n) is 4.60. The largest absolute Gasteiger partial charge is 0.430 e. The van der Waals surface area contributed by atoms with Crippen molar-refractivity contribution in [2.75, 3.05) is 0 Å². The van der Waals surface area contributed by atoms with E-state index in [2.05, 4.69) is 0 Å². The van der Waals surface area contributed by atoms with Crippen molar-refractivity contribution >= 4 is 29.3 Å². The third-order valence-corrected chi connectivity index (χ3v) is 2.96. The molecule has 0 unspecified atom stereocenters. The van der Waals surface area contributed by atoms with Gasteiger partial charge in [0.15, 0.2) is 17.5 Å². The van der Waals surface area contributed by atoms with Crippen LogP contribution in [0.2, 0.25) is 0 Å². The molecule has 112 valence electrons. The lowest BCUT2D eigenvalue weighted by Gasteiger charge is -2.15. The first-order valence-corrected chi connectivity index (χ1v) is 6.28. The second kappa shape index (κ2) is 6.13. The summed E-state index contributed by atoms with van der Waals surface area (Å²) in [5.74, 6) is -3.55. The fraction of sp³-hybridized carbons (Fsp3) is 0.133. The molecule has 0 N–H and O–H groups in total. The van der Waals surface area contributed by atoms with Crippen LogP contribution < -0.4 is 0 Å². The number of hydrogen-bond donors (Lipinski definition) is 0. The molecule has 0 saturated carbocycles. The number of ketones is 2. The molecule has 0 amide bonds. The van der Waals surface area contributed by atoms with E-state index in [4.69, 9.17) is 4.74 Å². The molecule has 1 aliphatic heterocycles. The number of non-ortho nitro benzene ring substituents is 1. The van der Waals surface area contributed by atoms with E-state index in [9.17, 15) is 24.5 Å². The van der Waals surface area contributed by atoms with Crippen molar-refractivity contribution in [3.8, 4) is 0 Å². The smallest absolute Gasteiger partial charge is 0.329 e. The monoisotopic (exact) mass is 301 g/mol. The number of nitro benzene ring substituents is 1. The molecule has 1 aromatic carbocycles. The molecule has 1 atom stereocenters. The molecule has 0 aromatic heterocycles. The van der Waals surface area contributed by atoms with E-state index >= 15 is 0 Å². The summed E-state index contributed by atoms with van der Waals surface area (Å²) >= 11 is 0. The number of ether oxygens (including phenoxy) is 1. The minimum atomic E-state index is -1.49. The Morgan fingerprint density at radius 1 is 1.27 bits per heavy atom. The molecular formula is C15H11NO6. The summed E-state index contributed by atoms with van der Waals surface area (Å²) in [4.78, 5) is 45.2. The van der Waals surface area contributed by atoms with Crippen LogP contribution in [-0.4, -0.2) is 22.5 Å². The predicted octanol–water partition coefficient (Wildman–Crippen LogP) is 1.82. The number of benzene rings is 1. The van der Waals surface area contributed by atoms with Gasteiger partial charge in [0, 0.05) is 18.2 Å². The quantitative estimate of drug-likeness (QED) is 0.276. The van der Waals surface area contributed by atoms with Gasteiger partial charge in [-0.3, -0.25) is 24.5 Å². The predicted molar refractivity (Wildman–Crippen MR) is 75.5 cm³/mol. The van der Waals surface area contributed by atoms with Gasteiger partial charge in [-0.25, -0.2) is 0 Å². The highest BCUT2D eigenvalue weighted by atomic mass is 16.6. The van der Waals surface area contributed by atoms with Gasteiger partial charge in [-0.05, 0) is 30.7 Å². The van der Waals surface area contributed by atoms with Gasteiger partial charge in [0.2, 0.25) is 0 Å². The molecule has 7 heteroatoms. The van der Waals surface area contributed by atoms with Crippen LogP contribution in [0.1, 0.15) is 12.5 Å². The average Bonchev–Trinajstić information content (AvgIpc) is 2.44. The first-order chi connectivity index (χ1) is 10.4. The zero-order valence-electron chi connectivity index (χ0n) is 11.5. The Hall–Kier alpha value is -3.09. The van der Waals surface area contributed by atoms with Crippen molar-refractivity contribution in [1.82, 2.24) is 0 Å². The fourth-order valence-corrected chi connectivity index (χ4v) is 1.88. The molecule has 1 heterocycles. The maximum atomic E-state index is 11.9. The number of rotatable bonds is 4. The molecule has 0 aliphatic carbocycles. The first-order valence-electron chi connectivity index (χ1n) is 6.28. The van der Waals surface area contributed by atoms with E-state index in [0.29, 0.717) is 5.56 Å². The zero-order chi connectivity index (χ0) is 16.3. The molecule has 0 radical (unpaired) electrons. The lowest BCUT2D eigenvalue weighted by molar-refractivity contribution is -0.384. The van der Waals surface area contributed by atoms with Gasteiger partial charge in [-0.1, -0.05) is 6.08 Å². The van der Waals surface area contributed by atoms with Crippen LogP contribution in [0.15, 0.2) is 42.2 Å². The van der Waals surface area contributed by atoms with Gasteiger partial charge in [0.1, 0.15) is 5.76 Å². The molecule has 2 rings (SSSR count). The number of hydrogen-bond acceptors (Lipinski definition) is 6. The molecule has 0 bridgehead atoms. The number of esters is 1. The molecular weight excluding hydrogens is 290 g/mol. The van der Waals surface area contributed by atoms with Gasteiger partial charge >= 0.3 is 5.97 Å². The van der Waals surface area contributed by atoms with E-state index in [1.807, 2.05) is 0 Å². The maximum absolute atomic E-state index is 11.9. The summed E-state index contributed by atoms with van der Waals surface area (Å²) in [6.07, 6.45) is 3.56. The van der Waals surface area contributed by atoms with Crippen molar-refractivity contribution in [3.05, 3.63) is 57.9 Å². The lowest BCUT2D eigenvalue weighted by atomic mass is 9.96. The Morgan fingerprint density at radius 2 is 1.91 bits per heavy atom. The van der Waals surface area contributed by atoms with Crippen LogP contribution in [0.4, 0.5) is 5.69 Å². The van der Waals surface area contributed by atoms with E-state index in [1.165, 1.54) is 37.3 Å². The van der Waals surface area contributed by atoms with Crippen LogP contribution in [0, 0.1) is 16.0 Å². The molecule has 22 heavy (non-hydrogen) atoms. The number of carbonyl (C=O) groups excluding carboxylic acids is 3. The third kappa shape index (κ3) is 3.32. The van der Waals surface area contributed by atoms with Crippen molar-refractivity contribution in [3.63, 3.8) is 0 Å². The highest BCUT2D eigenvalue weighted by molar-refractivity contribution is 6.25. The Bertz CT molecular complexity index is 714. The van der Waals surface area contributed by atoms with Gasteiger partial charge in [0.05, 0.1) is 4.92 Å². The number of cyclic esters (lactones) is 1. The highest BCUT2D eigenvalue weighted by Crippen LogP contribution is 2.17. The van der Waals surface area contributed by atoms with Crippen LogP contribution in [0.25, 0.3) is 6.08 Å². The lowest BCUT2D eigenvalue weighted by Crippen LogP contribution is -2.34. The standard InChI is InChI=1S/C15H11NO6/c1-9-8-13(18)14(15(19)22-9)12(17)7-4-10-2-5-11(6-3-10)16(20)21/h2-8,14H,1H3/b7-4+/t14-/m1/s1. The minimum absolute atomic E-state index is 0.0740. The van der Waals surface area contributed by atoms with Gasteiger partial charge in [0.25, 0.3) is 5.69 Å². The summed E-state index contributed by atoms with van der Waals surface area (Å²) < 4.78 is 4.76. The number of carbonyl (C=O) groups is 3. The maximum Gasteiger partial charge on any atom is 0.329 e. The molecule has 7 nitrogen and oxygen atoms in total. The SMILES string of the molecule is CC1=CC(=O)[C@@H](C(=O)/C=C/c2ccc([N+](=O)[O-])cc2)C(=O)O1. The summed E-state index contributed by atoms with van der Waals surface area (Å²) in [7, 11) is 0. The molecule has 1 aliphatic rings. The van der Waals surface area contributed by atoms with Crippen molar-refractivity contribution < 1.29 is 24.0 Å². The average molecular weight is 301 g/mol. The summed E-state index contributed by atoms with van der Waals surface area (Å²) in [5, 5.41) is 10.5. The minimum Gasteiger partial charge on any atom is -0.430 e. The Labute approximate surface area is 125 Å². The molecule has 0 spiro atoms. The van der Waals surface area contributed by atoms with E-state index in [-0.39, 0.29) is 11.4 Å². The zero-order valence-corrected chi connectivity index (χ0v) is 11.5. The summed E-state index contributed by atoms with van der Waals surface area (Å²) in [5.41, 5.74) is 0.456. The van der Waals surface area contributed by atoms with E-state index < -0.39 is 28.4 Å². The normalized spacial score (nSPS) is 18.0. The van der Waals surface area contributed by atoms with Crippen molar-refractivity contribution in [2.24, 2.45) is 5.92 Å². The van der Waals surface area contributed by atoms with Gasteiger partial charge in [-0.15, -0.1) is 0 Å². The Morgan fingerprint density at radius 3 is 2.45 bits per heavy atom. The fourth-order valence-electron chi connectivity index (χ4n) is 1.88. The summed E-state index contributed by atoms with van der Waals surface area (Å²) in [6.45, 7) is 1.45. The number of allylic oxidation sites excluding steroid dienone is 3. The Balaban J connectivity index is 2.13. The van der Waals surface area contributed by atoms with E-state index in [0.717, 1.165) is 12.2 Å². The van der Waals surface area contributed by atoms with Crippen LogP contribution in [-0.2, 0) is 19.1 Å². The van der Waals surface area contributed by atoms with Crippen LogP contribution in [0.5, 0.6) is 0 Å². The van der Waals surface area contributed by atoms with E-state index in [1.54, 1.807) is 0 Å².